The van der Waals surface area contributed by atoms with Crippen molar-refractivity contribution in [3.05, 3.63) is 45.2 Å². The minimum absolute atomic E-state index is 0. The van der Waals surface area contributed by atoms with Crippen LogP contribution in [0.5, 0.6) is 0 Å². The molecule has 3 rings (SSSR count). The number of aromatic nitrogens is 2. The molecule has 136 valence electrons. The molecule has 1 atom stereocenters. The number of halogens is 3. The molecule has 0 saturated carbocycles. The highest BCUT2D eigenvalue weighted by atomic mass is 35.5. The number of benzene rings is 1. The summed E-state index contributed by atoms with van der Waals surface area (Å²) >= 11 is 12.2. The van der Waals surface area contributed by atoms with Crippen molar-refractivity contribution in [3.63, 3.8) is 0 Å². The molecule has 1 aliphatic rings. The number of hydrogen-bond acceptors (Lipinski definition) is 3. The van der Waals surface area contributed by atoms with Gasteiger partial charge >= 0.3 is 0 Å². The van der Waals surface area contributed by atoms with Gasteiger partial charge in [-0.05, 0) is 45.0 Å². The molecular formula is C17H21Cl3N4O. The summed E-state index contributed by atoms with van der Waals surface area (Å²) in [6, 6.07) is 5.52. The van der Waals surface area contributed by atoms with Gasteiger partial charge in [-0.3, -0.25) is 4.79 Å². The number of rotatable bonds is 4. The van der Waals surface area contributed by atoms with Gasteiger partial charge in [0.15, 0.2) is 0 Å². The van der Waals surface area contributed by atoms with Crippen molar-refractivity contribution in [3.8, 4) is 5.69 Å². The topological polar surface area (TPSA) is 59.0 Å². The van der Waals surface area contributed by atoms with Gasteiger partial charge in [0.2, 0.25) is 5.91 Å². The van der Waals surface area contributed by atoms with E-state index in [1.807, 2.05) is 19.9 Å². The number of carbonyl (C=O) groups is 1. The molecule has 0 radical (unpaired) electrons. The summed E-state index contributed by atoms with van der Waals surface area (Å²) in [5.74, 6) is 0.0247. The Morgan fingerprint density at radius 2 is 2.16 bits per heavy atom. The van der Waals surface area contributed by atoms with E-state index >= 15 is 0 Å². The molecule has 1 aromatic heterocycles. The van der Waals surface area contributed by atoms with Crippen LogP contribution in [-0.4, -0.2) is 34.8 Å². The Hall–Kier alpha value is -1.27. The Kier molecular flexibility index (Phi) is 6.74. The lowest BCUT2D eigenvalue weighted by Gasteiger charge is -2.11. The number of nitrogens with one attached hydrogen (secondary N) is 2. The third kappa shape index (κ3) is 4.47. The third-order valence-corrected chi connectivity index (χ3v) is 4.88. The maximum Gasteiger partial charge on any atom is 0.224 e. The normalized spacial score (nSPS) is 16.6. The van der Waals surface area contributed by atoms with Crippen LogP contribution < -0.4 is 10.6 Å². The van der Waals surface area contributed by atoms with Gasteiger partial charge in [0.1, 0.15) is 0 Å². The standard InChI is InChI=1S/C17H20Cl2N4O.ClH/c1-10-14(8-17(24)21-13-5-6-20-9-13)11(2)23(22-10)16-4-3-12(18)7-15(16)19;/h3-4,7,13,20H,5-6,8-9H2,1-2H3,(H,21,24);1H. The van der Waals surface area contributed by atoms with E-state index in [1.54, 1.807) is 16.8 Å². The molecule has 0 spiro atoms. The van der Waals surface area contributed by atoms with Gasteiger partial charge in [-0.15, -0.1) is 12.4 Å². The smallest absolute Gasteiger partial charge is 0.224 e. The van der Waals surface area contributed by atoms with E-state index in [1.165, 1.54) is 0 Å². The van der Waals surface area contributed by atoms with Gasteiger partial charge in [0.05, 0.1) is 22.8 Å². The fourth-order valence-electron chi connectivity index (χ4n) is 3.04. The van der Waals surface area contributed by atoms with E-state index < -0.39 is 0 Å². The van der Waals surface area contributed by atoms with Crippen LogP contribution in [0.4, 0.5) is 0 Å². The first-order valence-corrected chi connectivity index (χ1v) is 8.72. The summed E-state index contributed by atoms with van der Waals surface area (Å²) in [6.45, 7) is 5.65. The van der Waals surface area contributed by atoms with Crippen molar-refractivity contribution in [2.45, 2.75) is 32.7 Å². The van der Waals surface area contributed by atoms with Crippen LogP contribution in [0.2, 0.25) is 10.0 Å². The Morgan fingerprint density at radius 1 is 1.40 bits per heavy atom. The number of hydrogen-bond donors (Lipinski definition) is 2. The highest BCUT2D eigenvalue weighted by Gasteiger charge is 2.20. The molecular weight excluding hydrogens is 383 g/mol. The third-order valence-electron chi connectivity index (χ3n) is 4.34. The van der Waals surface area contributed by atoms with Gasteiger partial charge in [0, 0.05) is 28.9 Å². The summed E-state index contributed by atoms with van der Waals surface area (Å²) in [7, 11) is 0. The lowest BCUT2D eigenvalue weighted by molar-refractivity contribution is -0.121. The number of amides is 1. The Balaban J connectivity index is 0.00000225. The van der Waals surface area contributed by atoms with Crippen LogP contribution in [0.25, 0.3) is 5.69 Å². The van der Waals surface area contributed by atoms with Gasteiger partial charge in [0.25, 0.3) is 0 Å². The second kappa shape index (κ2) is 8.41. The summed E-state index contributed by atoms with van der Waals surface area (Å²) in [6.07, 6.45) is 1.29. The first-order chi connectivity index (χ1) is 11.5. The monoisotopic (exact) mass is 402 g/mol. The van der Waals surface area contributed by atoms with E-state index in [4.69, 9.17) is 23.2 Å². The molecule has 2 heterocycles. The molecule has 1 amide bonds. The van der Waals surface area contributed by atoms with Crippen molar-refractivity contribution in [2.75, 3.05) is 13.1 Å². The molecule has 25 heavy (non-hydrogen) atoms. The van der Waals surface area contributed by atoms with Crippen LogP contribution >= 0.6 is 35.6 Å². The number of carbonyl (C=O) groups excluding carboxylic acids is 1. The quantitative estimate of drug-likeness (QED) is 0.824. The fourth-order valence-corrected chi connectivity index (χ4v) is 3.52. The molecule has 2 aromatic rings. The van der Waals surface area contributed by atoms with Crippen molar-refractivity contribution < 1.29 is 4.79 Å². The first kappa shape index (κ1) is 20.0. The minimum atomic E-state index is 0. The van der Waals surface area contributed by atoms with Crippen molar-refractivity contribution >= 4 is 41.5 Å². The highest BCUT2D eigenvalue weighted by molar-refractivity contribution is 6.35. The minimum Gasteiger partial charge on any atom is -0.352 e. The average Bonchev–Trinajstić information content (AvgIpc) is 3.11. The second-order valence-corrected chi connectivity index (χ2v) is 6.93. The zero-order valence-corrected chi connectivity index (χ0v) is 16.4. The maximum absolute atomic E-state index is 12.3. The zero-order chi connectivity index (χ0) is 17.3. The second-order valence-electron chi connectivity index (χ2n) is 6.09. The zero-order valence-electron chi connectivity index (χ0n) is 14.1. The molecule has 5 nitrogen and oxygen atoms in total. The lowest BCUT2D eigenvalue weighted by Crippen LogP contribution is -2.37. The molecule has 1 unspecified atom stereocenters. The van der Waals surface area contributed by atoms with E-state index in [9.17, 15) is 4.79 Å². The van der Waals surface area contributed by atoms with Crippen molar-refractivity contribution in [1.82, 2.24) is 20.4 Å². The number of aryl methyl sites for hydroxylation is 1. The summed E-state index contributed by atoms with van der Waals surface area (Å²) < 4.78 is 1.77. The Morgan fingerprint density at radius 3 is 2.80 bits per heavy atom. The van der Waals surface area contributed by atoms with Gasteiger partial charge in [-0.2, -0.15) is 5.10 Å². The van der Waals surface area contributed by atoms with E-state index in [-0.39, 0.29) is 24.4 Å². The van der Waals surface area contributed by atoms with Crippen molar-refractivity contribution in [2.24, 2.45) is 0 Å². The van der Waals surface area contributed by atoms with Crippen molar-refractivity contribution in [1.29, 1.82) is 0 Å². The van der Waals surface area contributed by atoms with Crippen LogP contribution in [-0.2, 0) is 11.2 Å². The van der Waals surface area contributed by atoms with E-state index in [2.05, 4.69) is 15.7 Å². The lowest BCUT2D eigenvalue weighted by atomic mass is 10.1. The molecule has 1 aromatic carbocycles. The fraction of sp³-hybridized carbons (Fsp3) is 0.412. The summed E-state index contributed by atoms with van der Waals surface area (Å²) in [5.41, 5.74) is 3.44. The molecule has 1 aliphatic heterocycles. The van der Waals surface area contributed by atoms with Crippen LogP contribution in [0.1, 0.15) is 23.4 Å². The first-order valence-electron chi connectivity index (χ1n) is 7.96. The largest absolute Gasteiger partial charge is 0.352 e. The van der Waals surface area contributed by atoms with Gasteiger partial charge in [-0.25, -0.2) is 4.68 Å². The molecule has 1 fully saturated rings. The SMILES string of the molecule is Cc1nn(-c2ccc(Cl)cc2Cl)c(C)c1CC(=O)NC1CCNC1.Cl. The molecule has 2 N–H and O–H groups in total. The highest BCUT2D eigenvalue weighted by Crippen LogP contribution is 2.27. The van der Waals surface area contributed by atoms with Crippen LogP contribution in [0.15, 0.2) is 18.2 Å². The summed E-state index contributed by atoms with van der Waals surface area (Å²) in [4.78, 5) is 12.3. The van der Waals surface area contributed by atoms with Gasteiger partial charge < -0.3 is 10.6 Å². The Bertz CT molecular complexity index is 769. The van der Waals surface area contributed by atoms with Crippen LogP contribution in [0.3, 0.4) is 0 Å². The maximum atomic E-state index is 12.3. The van der Waals surface area contributed by atoms with Crippen LogP contribution in [0, 0.1) is 13.8 Å². The summed E-state index contributed by atoms with van der Waals surface area (Å²) in [5, 5.41) is 12.0. The predicted molar refractivity (Wildman–Crippen MR) is 103 cm³/mol. The average molecular weight is 404 g/mol. The van der Waals surface area contributed by atoms with E-state index in [0.717, 1.165) is 42.1 Å². The molecule has 0 aliphatic carbocycles. The molecule has 8 heteroatoms. The number of nitrogens with zero attached hydrogens (tertiary/aromatic N) is 2. The van der Waals surface area contributed by atoms with E-state index in [0.29, 0.717) is 16.5 Å². The Labute approximate surface area is 163 Å². The van der Waals surface area contributed by atoms with Gasteiger partial charge in [-0.1, -0.05) is 23.2 Å². The molecule has 0 bridgehead atoms. The predicted octanol–water partition coefficient (Wildman–Crippen LogP) is 3.24. The molecule has 1 saturated heterocycles.